The van der Waals surface area contributed by atoms with Crippen LogP contribution in [0.4, 0.5) is 0 Å². The SMILES string of the molecule is C=C(C)C[C@H](c1ccccc1)N1CCNCC1.Cl.Cl. The van der Waals surface area contributed by atoms with Crippen LogP contribution in [0.5, 0.6) is 0 Å². The number of hydrogen-bond donors (Lipinski definition) is 1. The van der Waals surface area contributed by atoms with Crippen LogP contribution in [0.15, 0.2) is 42.5 Å². The molecule has 1 saturated heterocycles. The number of halogens is 2. The van der Waals surface area contributed by atoms with Crippen molar-refractivity contribution in [2.24, 2.45) is 0 Å². The predicted octanol–water partition coefficient (Wildman–Crippen LogP) is 3.44. The van der Waals surface area contributed by atoms with E-state index in [0.29, 0.717) is 6.04 Å². The highest BCUT2D eigenvalue weighted by Crippen LogP contribution is 2.27. The molecular formula is C15H24Cl2N2. The highest BCUT2D eigenvalue weighted by molar-refractivity contribution is 5.85. The van der Waals surface area contributed by atoms with Crippen molar-refractivity contribution < 1.29 is 0 Å². The molecule has 0 bridgehead atoms. The summed E-state index contributed by atoms with van der Waals surface area (Å²) in [4.78, 5) is 2.57. The number of benzene rings is 1. The Balaban J connectivity index is 0.00000162. The molecule has 2 rings (SSSR count). The first-order valence-electron chi connectivity index (χ1n) is 6.41. The fraction of sp³-hybridized carbons (Fsp3) is 0.467. The zero-order valence-electron chi connectivity index (χ0n) is 11.5. The van der Waals surface area contributed by atoms with Crippen molar-refractivity contribution in [2.75, 3.05) is 26.2 Å². The summed E-state index contributed by atoms with van der Waals surface area (Å²) in [7, 11) is 0. The van der Waals surface area contributed by atoms with E-state index in [1.807, 2.05) is 0 Å². The molecule has 0 amide bonds. The summed E-state index contributed by atoms with van der Waals surface area (Å²) in [6.07, 6.45) is 1.06. The Morgan fingerprint density at radius 2 is 1.79 bits per heavy atom. The van der Waals surface area contributed by atoms with E-state index in [2.05, 4.69) is 54.1 Å². The minimum Gasteiger partial charge on any atom is -0.314 e. The molecule has 1 atom stereocenters. The fourth-order valence-electron chi connectivity index (χ4n) is 2.46. The van der Waals surface area contributed by atoms with E-state index in [-0.39, 0.29) is 24.8 Å². The van der Waals surface area contributed by atoms with Crippen LogP contribution in [-0.4, -0.2) is 31.1 Å². The van der Waals surface area contributed by atoms with Gasteiger partial charge >= 0.3 is 0 Å². The number of hydrogen-bond acceptors (Lipinski definition) is 2. The van der Waals surface area contributed by atoms with E-state index in [1.165, 1.54) is 11.1 Å². The van der Waals surface area contributed by atoms with Crippen LogP contribution in [-0.2, 0) is 0 Å². The lowest BCUT2D eigenvalue weighted by atomic mass is 9.98. The van der Waals surface area contributed by atoms with Gasteiger partial charge in [0.2, 0.25) is 0 Å². The zero-order chi connectivity index (χ0) is 12.1. The second-order valence-corrected chi connectivity index (χ2v) is 4.87. The van der Waals surface area contributed by atoms with Crippen molar-refractivity contribution in [3.63, 3.8) is 0 Å². The summed E-state index contributed by atoms with van der Waals surface area (Å²) in [6.45, 7) is 10.7. The highest BCUT2D eigenvalue weighted by Gasteiger charge is 2.21. The van der Waals surface area contributed by atoms with Crippen molar-refractivity contribution in [1.29, 1.82) is 0 Å². The second kappa shape index (κ2) is 9.38. The van der Waals surface area contributed by atoms with E-state index >= 15 is 0 Å². The summed E-state index contributed by atoms with van der Waals surface area (Å²) in [5, 5.41) is 3.41. The maximum absolute atomic E-state index is 4.07. The van der Waals surface area contributed by atoms with Gasteiger partial charge in [-0.25, -0.2) is 0 Å². The molecule has 1 aliphatic heterocycles. The summed E-state index contributed by atoms with van der Waals surface area (Å²) >= 11 is 0. The van der Waals surface area contributed by atoms with Crippen LogP contribution in [0.1, 0.15) is 24.9 Å². The molecule has 0 radical (unpaired) electrons. The van der Waals surface area contributed by atoms with Gasteiger partial charge in [0, 0.05) is 32.2 Å². The number of nitrogens with zero attached hydrogens (tertiary/aromatic N) is 1. The minimum atomic E-state index is 0. The molecule has 1 N–H and O–H groups in total. The van der Waals surface area contributed by atoms with E-state index in [1.54, 1.807) is 0 Å². The molecule has 1 heterocycles. The second-order valence-electron chi connectivity index (χ2n) is 4.87. The lowest BCUT2D eigenvalue weighted by Gasteiger charge is -2.35. The average molecular weight is 303 g/mol. The van der Waals surface area contributed by atoms with Crippen LogP contribution < -0.4 is 5.32 Å². The molecule has 0 unspecified atom stereocenters. The normalized spacial score (nSPS) is 16.9. The van der Waals surface area contributed by atoms with Crippen molar-refractivity contribution in [3.05, 3.63) is 48.0 Å². The Bertz CT molecular complexity index is 362. The molecule has 4 heteroatoms. The molecular weight excluding hydrogens is 279 g/mol. The highest BCUT2D eigenvalue weighted by atomic mass is 35.5. The van der Waals surface area contributed by atoms with Gasteiger partial charge in [-0.3, -0.25) is 4.90 Å². The maximum Gasteiger partial charge on any atom is 0.0386 e. The van der Waals surface area contributed by atoms with Crippen LogP contribution in [0, 0.1) is 0 Å². The first-order valence-corrected chi connectivity index (χ1v) is 6.41. The third kappa shape index (κ3) is 5.53. The molecule has 1 aromatic rings. The standard InChI is InChI=1S/C15H22N2.2ClH/c1-13(2)12-15(14-6-4-3-5-7-14)17-10-8-16-9-11-17;;/h3-7,15-16H,1,8-12H2,2H3;2*1H/t15-;;/m1../s1. The van der Waals surface area contributed by atoms with Crippen LogP contribution in [0.25, 0.3) is 0 Å². The maximum atomic E-state index is 4.07. The van der Waals surface area contributed by atoms with E-state index in [4.69, 9.17) is 0 Å². The first kappa shape index (κ1) is 18.5. The smallest absolute Gasteiger partial charge is 0.0386 e. The van der Waals surface area contributed by atoms with Crippen molar-refractivity contribution in [3.8, 4) is 0 Å². The van der Waals surface area contributed by atoms with Gasteiger partial charge in [-0.1, -0.05) is 35.9 Å². The quantitative estimate of drug-likeness (QED) is 0.857. The van der Waals surface area contributed by atoms with Gasteiger partial charge in [-0.15, -0.1) is 31.4 Å². The van der Waals surface area contributed by atoms with Crippen LogP contribution >= 0.6 is 24.8 Å². The van der Waals surface area contributed by atoms with Gasteiger partial charge in [-0.2, -0.15) is 0 Å². The molecule has 1 fully saturated rings. The van der Waals surface area contributed by atoms with E-state index < -0.39 is 0 Å². The summed E-state index contributed by atoms with van der Waals surface area (Å²) in [5.74, 6) is 0. The lowest BCUT2D eigenvalue weighted by molar-refractivity contribution is 0.172. The Kier molecular flexibility index (Phi) is 9.11. The van der Waals surface area contributed by atoms with Gasteiger partial charge in [0.1, 0.15) is 0 Å². The molecule has 0 spiro atoms. The molecule has 2 nitrogen and oxygen atoms in total. The van der Waals surface area contributed by atoms with Gasteiger partial charge in [0.15, 0.2) is 0 Å². The minimum absolute atomic E-state index is 0. The zero-order valence-corrected chi connectivity index (χ0v) is 13.1. The Labute approximate surface area is 129 Å². The number of nitrogens with one attached hydrogen (secondary N) is 1. The molecule has 0 saturated carbocycles. The largest absolute Gasteiger partial charge is 0.314 e. The Morgan fingerprint density at radius 3 is 2.32 bits per heavy atom. The van der Waals surface area contributed by atoms with Gasteiger partial charge in [0.25, 0.3) is 0 Å². The summed E-state index contributed by atoms with van der Waals surface area (Å²) in [6, 6.07) is 11.3. The first-order chi connectivity index (χ1) is 8.27. The molecule has 1 aliphatic rings. The fourth-order valence-corrected chi connectivity index (χ4v) is 2.46. The van der Waals surface area contributed by atoms with Gasteiger partial charge in [0.05, 0.1) is 0 Å². The van der Waals surface area contributed by atoms with Gasteiger partial charge in [-0.05, 0) is 18.9 Å². The number of rotatable bonds is 4. The monoisotopic (exact) mass is 302 g/mol. The van der Waals surface area contributed by atoms with Crippen LogP contribution in [0.3, 0.4) is 0 Å². The molecule has 0 aromatic heterocycles. The number of piperazine rings is 1. The van der Waals surface area contributed by atoms with Crippen molar-refractivity contribution in [1.82, 2.24) is 10.2 Å². The van der Waals surface area contributed by atoms with E-state index in [0.717, 1.165) is 32.6 Å². The molecule has 1 aromatic carbocycles. The molecule has 19 heavy (non-hydrogen) atoms. The molecule has 0 aliphatic carbocycles. The van der Waals surface area contributed by atoms with Gasteiger partial charge < -0.3 is 5.32 Å². The molecule has 108 valence electrons. The lowest BCUT2D eigenvalue weighted by Crippen LogP contribution is -2.45. The summed E-state index contributed by atoms with van der Waals surface area (Å²) in [5.41, 5.74) is 2.68. The topological polar surface area (TPSA) is 15.3 Å². The Morgan fingerprint density at radius 1 is 1.21 bits per heavy atom. The van der Waals surface area contributed by atoms with Crippen molar-refractivity contribution in [2.45, 2.75) is 19.4 Å². The Hall–Kier alpha value is -0.540. The summed E-state index contributed by atoms with van der Waals surface area (Å²) < 4.78 is 0. The third-order valence-electron chi connectivity index (χ3n) is 3.32. The van der Waals surface area contributed by atoms with Crippen molar-refractivity contribution >= 4 is 24.8 Å². The van der Waals surface area contributed by atoms with E-state index in [9.17, 15) is 0 Å². The predicted molar refractivity (Wildman–Crippen MR) is 87.6 cm³/mol. The third-order valence-corrected chi connectivity index (χ3v) is 3.32. The average Bonchev–Trinajstić information content (AvgIpc) is 2.38. The van der Waals surface area contributed by atoms with Crippen LogP contribution in [0.2, 0.25) is 0 Å².